The Balaban J connectivity index is 2.28. The molecule has 1 rings (SSSR count). The molecule has 0 saturated carbocycles. The number of carbonyl (C=O) groups excluding carboxylic acids is 1. The number of unbranched alkanes of at least 4 members (excludes halogenated alkanes) is 1. The Bertz CT molecular complexity index is 558. The standard InChI is InChI=1S/C20H34N4O2/c1-5-6-14-26-15-8-12-22-20(21-2)23-13-11-17-9-7-10-18(16-17)19(25)24(3)4/h7,9-10,16H,5-6,8,11-15H2,1-4H3,(H2,21,22,23). The summed E-state index contributed by atoms with van der Waals surface area (Å²) in [6.07, 6.45) is 4.08. The van der Waals surface area contributed by atoms with Gasteiger partial charge < -0.3 is 20.3 Å². The van der Waals surface area contributed by atoms with Gasteiger partial charge in [0.1, 0.15) is 0 Å². The van der Waals surface area contributed by atoms with Crippen LogP contribution in [-0.4, -0.2) is 64.2 Å². The van der Waals surface area contributed by atoms with Crippen LogP contribution in [-0.2, 0) is 11.2 Å². The molecule has 0 unspecified atom stereocenters. The van der Waals surface area contributed by atoms with Gasteiger partial charge in [-0.1, -0.05) is 25.5 Å². The molecule has 0 aliphatic heterocycles. The topological polar surface area (TPSA) is 66.0 Å². The number of nitrogens with zero attached hydrogens (tertiary/aromatic N) is 2. The summed E-state index contributed by atoms with van der Waals surface area (Å²) in [5, 5.41) is 6.59. The van der Waals surface area contributed by atoms with Gasteiger partial charge in [0.25, 0.3) is 5.91 Å². The molecule has 0 fully saturated rings. The Morgan fingerprint density at radius 3 is 2.58 bits per heavy atom. The molecule has 6 heteroatoms. The number of hydrogen-bond acceptors (Lipinski definition) is 3. The number of hydrogen-bond donors (Lipinski definition) is 2. The van der Waals surface area contributed by atoms with Gasteiger partial charge in [0.15, 0.2) is 5.96 Å². The summed E-state index contributed by atoms with van der Waals surface area (Å²) in [4.78, 5) is 17.8. The fraction of sp³-hybridized carbons (Fsp3) is 0.600. The van der Waals surface area contributed by atoms with Crippen LogP contribution in [0.1, 0.15) is 42.1 Å². The zero-order valence-corrected chi connectivity index (χ0v) is 16.7. The summed E-state index contributed by atoms with van der Waals surface area (Å²) in [7, 11) is 5.30. The van der Waals surface area contributed by atoms with Gasteiger partial charge >= 0.3 is 0 Å². The van der Waals surface area contributed by atoms with Crippen LogP contribution in [0.5, 0.6) is 0 Å². The number of guanidine groups is 1. The molecule has 0 spiro atoms. The van der Waals surface area contributed by atoms with E-state index in [1.807, 2.05) is 24.3 Å². The predicted molar refractivity (Wildman–Crippen MR) is 108 cm³/mol. The van der Waals surface area contributed by atoms with E-state index >= 15 is 0 Å². The lowest BCUT2D eigenvalue weighted by Crippen LogP contribution is -2.39. The molecule has 0 heterocycles. The van der Waals surface area contributed by atoms with Crippen molar-refractivity contribution in [2.24, 2.45) is 4.99 Å². The summed E-state index contributed by atoms with van der Waals surface area (Å²) < 4.78 is 5.54. The molecule has 0 bridgehead atoms. The largest absolute Gasteiger partial charge is 0.381 e. The maximum atomic E-state index is 12.0. The molecule has 0 aromatic heterocycles. The van der Waals surface area contributed by atoms with Crippen LogP contribution in [0.15, 0.2) is 29.3 Å². The molecule has 6 nitrogen and oxygen atoms in total. The Labute approximate surface area is 158 Å². The maximum Gasteiger partial charge on any atom is 0.253 e. The second kappa shape index (κ2) is 13.2. The minimum absolute atomic E-state index is 0.0263. The van der Waals surface area contributed by atoms with E-state index in [0.717, 1.165) is 62.7 Å². The molecule has 1 aromatic rings. The van der Waals surface area contributed by atoms with E-state index in [2.05, 4.69) is 22.5 Å². The van der Waals surface area contributed by atoms with Crippen molar-refractivity contribution >= 4 is 11.9 Å². The van der Waals surface area contributed by atoms with E-state index in [1.54, 1.807) is 26.0 Å². The zero-order chi connectivity index (χ0) is 19.2. The molecule has 0 atom stereocenters. The SMILES string of the molecule is CCCCOCCCNC(=NC)NCCc1cccc(C(=O)N(C)C)c1. The predicted octanol–water partition coefficient (Wildman–Crippen LogP) is 2.30. The number of carbonyl (C=O) groups is 1. The van der Waals surface area contributed by atoms with Gasteiger partial charge in [0, 0.05) is 53.0 Å². The molecule has 0 aliphatic carbocycles. The summed E-state index contributed by atoms with van der Waals surface area (Å²) in [5.41, 5.74) is 1.85. The number of aliphatic imine (C=N–C) groups is 1. The lowest BCUT2D eigenvalue weighted by Gasteiger charge is -2.13. The fourth-order valence-corrected chi connectivity index (χ4v) is 2.39. The molecule has 2 N–H and O–H groups in total. The van der Waals surface area contributed by atoms with Crippen molar-refractivity contribution in [1.82, 2.24) is 15.5 Å². The summed E-state index contributed by atoms with van der Waals surface area (Å²) in [6, 6.07) is 7.77. The third kappa shape index (κ3) is 8.85. The third-order valence-corrected chi connectivity index (χ3v) is 3.91. The van der Waals surface area contributed by atoms with Crippen molar-refractivity contribution in [1.29, 1.82) is 0 Å². The highest BCUT2D eigenvalue weighted by atomic mass is 16.5. The minimum atomic E-state index is 0.0263. The molecule has 146 valence electrons. The minimum Gasteiger partial charge on any atom is -0.381 e. The summed E-state index contributed by atoms with van der Waals surface area (Å²) >= 11 is 0. The lowest BCUT2D eigenvalue weighted by atomic mass is 10.1. The maximum absolute atomic E-state index is 12.0. The van der Waals surface area contributed by atoms with Gasteiger partial charge in [-0.25, -0.2) is 0 Å². The van der Waals surface area contributed by atoms with E-state index in [4.69, 9.17) is 4.74 Å². The number of rotatable bonds is 11. The average Bonchev–Trinajstić information content (AvgIpc) is 2.65. The first-order chi connectivity index (χ1) is 12.6. The molecule has 26 heavy (non-hydrogen) atoms. The second-order valence-corrected chi connectivity index (χ2v) is 6.40. The molecule has 1 amide bonds. The van der Waals surface area contributed by atoms with E-state index in [1.165, 1.54) is 6.42 Å². The Kier molecular flexibility index (Phi) is 11.1. The van der Waals surface area contributed by atoms with Gasteiger partial charge in [0.05, 0.1) is 0 Å². The van der Waals surface area contributed by atoms with Gasteiger partial charge in [-0.2, -0.15) is 0 Å². The van der Waals surface area contributed by atoms with Crippen LogP contribution in [0.3, 0.4) is 0 Å². The lowest BCUT2D eigenvalue weighted by molar-refractivity contribution is 0.0827. The molecule has 0 aliphatic rings. The van der Waals surface area contributed by atoms with Crippen LogP contribution >= 0.6 is 0 Å². The summed E-state index contributed by atoms with van der Waals surface area (Å²) in [5.74, 6) is 0.817. The van der Waals surface area contributed by atoms with Crippen LogP contribution in [0.2, 0.25) is 0 Å². The van der Waals surface area contributed by atoms with Crippen molar-refractivity contribution in [2.45, 2.75) is 32.6 Å². The van der Waals surface area contributed by atoms with Crippen LogP contribution in [0.25, 0.3) is 0 Å². The average molecular weight is 363 g/mol. The van der Waals surface area contributed by atoms with Crippen molar-refractivity contribution in [3.8, 4) is 0 Å². The summed E-state index contributed by atoms with van der Waals surface area (Å²) in [6.45, 7) is 5.37. The molecular formula is C20H34N4O2. The van der Waals surface area contributed by atoms with Gasteiger partial charge in [0.2, 0.25) is 0 Å². The van der Waals surface area contributed by atoms with E-state index in [-0.39, 0.29) is 5.91 Å². The monoisotopic (exact) mass is 362 g/mol. The van der Waals surface area contributed by atoms with E-state index in [0.29, 0.717) is 0 Å². The van der Waals surface area contributed by atoms with Gasteiger partial charge in [-0.05, 0) is 37.0 Å². The van der Waals surface area contributed by atoms with E-state index in [9.17, 15) is 4.79 Å². The first kappa shape index (κ1) is 22.0. The fourth-order valence-electron chi connectivity index (χ4n) is 2.39. The van der Waals surface area contributed by atoms with Crippen molar-refractivity contribution in [2.75, 3.05) is 47.4 Å². The molecular weight excluding hydrogens is 328 g/mol. The first-order valence-electron chi connectivity index (χ1n) is 9.41. The molecule has 0 radical (unpaired) electrons. The normalized spacial score (nSPS) is 11.3. The van der Waals surface area contributed by atoms with Crippen molar-refractivity contribution in [3.05, 3.63) is 35.4 Å². The first-order valence-corrected chi connectivity index (χ1v) is 9.41. The quantitative estimate of drug-likeness (QED) is 0.360. The highest BCUT2D eigenvalue weighted by Crippen LogP contribution is 2.07. The van der Waals surface area contributed by atoms with E-state index < -0.39 is 0 Å². The molecule has 1 aromatic carbocycles. The highest BCUT2D eigenvalue weighted by molar-refractivity contribution is 5.94. The number of benzene rings is 1. The van der Waals surface area contributed by atoms with Crippen LogP contribution in [0.4, 0.5) is 0 Å². The second-order valence-electron chi connectivity index (χ2n) is 6.40. The Morgan fingerprint density at radius 2 is 1.88 bits per heavy atom. The van der Waals surface area contributed by atoms with Crippen LogP contribution in [0, 0.1) is 0 Å². The highest BCUT2D eigenvalue weighted by Gasteiger charge is 2.08. The smallest absolute Gasteiger partial charge is 0.253 e. The van der Waals surface area contributed by atoms with Gasteiger partial charge in [-0.3, -0.25) is 9.79 Å². The van der Waals surface area contributed by atoms with Crippen molar-refractivity contribution < 1.29 is 9.53 Å². The Hall–Kier alpha value is -2.08. The zero-order valence-electron chi connectivity index (χ0n) is 16.7. The van der Waals surface area contributed by atoms with Gasteiger partial charge in [-0.15, -0.1) is 0 Å². The molecule has 0 saturated heterocycles. The Morgan fingerprint density at radius 1 is 1.15 bits per heavy atom. The van der Waals surface area contributed by atoms with Crippen molar-refractivity contribution in [3.63, 3.8) is 0 Å². The third-order valence-electron chi connectivity index (χ3n) is 3.91. The number of nitrogens with one attached hydrogen (secondary N) is 2. The van der Waals surface area contributed by atoms with Crippen LogP contribution < -0.4 is 10.6 Å². The number of amides is 1. The number of ether oxygens (including phenoxy) is 1.